The molecule has 2 aromatic rings. The second kappa shape index (κ2) is 8.23. The zero-order chi connectivity index (χ0) is 19.3. The molecule has 0 radical (unpaired) electrons. The molecule has 26 heavy (non-hydrogen) atoms. The summed E-state index contributed by atoms with van der Waals surface area (Å²) in [5.74, 6) is -1.12. The lowest BCUT2D eigenvalue weighted by molar-refractivity contribution is -0.136. The Bertz CT molecular complexity index is 822. The number of carbonyl (C=O) groups is 2. The van der Waals surface area contributed by atoms with Crippen molar-refractivity contribution in [2.75, 3.05) is 11.9 Å². The van der Waals surface area contributed by atoms with Crippen LogP contribution in [0, 0.1) is 0 Å². The minimum atomic E-state index is -4.67. The monoisotopic (exact) mass is 384 g/mol. The highest BCUT2D eigenvalue weighted by molar-refractivity contribution is 6.30. The van der Waals surface area contributed by atoms with E-state index < -0.39 is 23.3 Å². The summed E-state index contributed by atoms with van der Waals surface area (Å²) in [6.07, 6.45) is -3.92. The molecule has 0 aromatic heterocycles. The average molecular weight is 385 g/mol. The molecule has 8 heteroatoms. The predicted octanol–water partition coefficient (Wildman–Crippen LogP) is 4.75. The van der Waals surface area contributed by atoms with E-state index in [2.05, 4.69) is 10.6 Å². The van der Waals surface area contributed by atoms with Crippen LogP contribution in [0.4, 0.5) is 18.9 Å². The molecule has 0 spiro atoms. The second-order valence-electron chi connectivity index (χ2n) is 5.48. The highest BCUT2D eigenvalue weighted by Crippen LogP contribution is 2.36. The predicted molar refractivity (Wildman–Crippen MR) is 93.5 cm³/mol. The Hall–Kier alpha value is -2.54. The number of halogens is 4. The van der Waals surface area contributed by atoms with Gasteiger partial charge in [-0.3, -0.25) is 9.59 Å². The highest BCUT2D eigenvalue weighted by atomic mass is 35.5. The molecule has 0 aliphatic rings. The first-order valence-corrected chi connectivity index (χ1v) is 8.16. The van der Waals surface area contributed by atoms with E-state index in [4.69, 9.17) is 11.6 Å². The van der Waals surface area contributed by atoms with Gasteiger partial charge in [0.05, 0.1) is 11.3 Å². The first kappa shape index (κ1) is 19.8. The van der Waals surface area contributed by atoms with Crippen LogP contribution >= 0.6 is 11.6 Å². The zero-order valence-electron chi connectivity index (χ0n) is 13.8. The van der Waals surface area contributed by atoms with Crippen molar-refractivity contribution in [1.29, 1.82) is 0 Å². The van der Waals surface area contributed by atoms with Crippen molar-refractivity contribution in [3.05, 3.63) is 64.2 Å². The van der Waals surface area contributed by atoms with Gasteiger partial charge in [-0.25, -0.2) is 0 Å². The zero-order valence-corrected chi connectivity index (χ0v) is 14.5. The summed E-state index contributed by atoms with van der Waals surface area (Å²) in [6.45, 7) is 2.38. The summed E-state index contributed by atoms with van der Waals surface area (Å²) in [7, 11) is 0. The number of hydrogen-bond acceptors (Lipinski definition) is 2. The van der Waals surface area contributed by atoms with Crippen molar-refractivity contribution in [2.45, 2.75) is 19.5 Å². The molecule has 4 nitrogen and oxygen atoms in total. The number of carbonyl (C=O) groups excluding carboxylic acids is 2. The van der Waals surface area contributed by atoms with Gasteiger partial charge in [0, 0.05) is 22.7 Å². The van der Waals surface area contributed by atoms with E-state index in [1.54, 1.807) is 0 Å². The van der Waals surface area contributed by atoms with Gasteiger partial charge in [0.2, 0.25) is 0 Å². The number of nitrogens with one attached hydrogen (secondary N) is 2. The average Bonchev–Trinajstić information content (AvgIpc) is 2.60. The molecule has 2 aromatic carbocycles. The Kier molecular flexibility index (Phi) is 6.26. The lowest BCUT2D eigenvalue weighted by Gasteiger charge is -2.14. The van der Waals surface area contributed by atoms with Crippen LogP contribution in [0.1, 0.15) is 39.6 Å². The molecule has 0 saturated heterocycles. The summed E-state index contributed by atoms with van der Waals surface area (Å²) < 4.78 is 39.3. The topological polar surface area (TPSA) is 58.2 Å². The Morgan fingerprint density at radius 2 is 1.69 bits per heavy atom. The first-order valence-electron chi connectivity index (χ1n) is 7.78. The van der Waals surface area contributed by atoms with Crippen LogP contribution in [0.3, 0.4) is 0 Å². The molecular formula is C18H16ClF3N2O2. The number of alkyl halides is 3. The highest BCUT2D eigenvalue weighted by Gasteiger charge is 2.34. The molecule has 0 saturated carbocycles. The quantitative estimate of drug-likeness (QED) is 0.781. The number of hydrogen-bond donors (Lipinski definition) is 2. The minimum Gasteiger partial charge on any atom is -0.352 e. The van der Waals surface area contributed by atoms with E-state index in [0.29, 0.717) is 6.54 Å². The Morgan fingerprint density at radius 3 is 2.31 bits per heavy atom. The number of anilines is 1. The Morgan fingerprint density at radius 1 is 1.04 bits per heavy atom. The third-order valence-corrected chi connectivity index (χ3v) is 3.69. The minimum absolute atomic E-state index is 0.0669. The van der Waals surface area contributed by atoms with Gasteiger partial charge in [-0.2, -0.15) is 13.2 Å². The standard InChI is InChI=1S/C18H16ClF3N2O2/c1-2-8-23-16(25)11-4-3-5-12(9-11)17(26)24-15-7-6-13(19)10-14(15)18(20,21)22/h3-7,9-10H,2,8H2,1H3,(H,23,25)(H,24,26). The maximum Gasteiger partial charge on any atom is 0.418 e. The molecule has 0 atom stereocenters. The van der Waals surface area contributed by atoms with Crippen molar-refractivity contribution < 1.29 is 22.8 Å². The summed E-state index contributed by atoms with van der Waals surface area (Å²) in [6, 6.07) is 8.82. The largest absolute Gasteiger partial charge is 0.418 e. The smallest absolute Gasteiger partial charge is 0.352 e. The normalized spacial score (nSPS) is 11.1. The van der Waals surface area contributed by atoms with Crippen LogP contribution < -0.4 is 10.6 Å². The number of rotatable bonds is 5. The summed E-state index contributed by atoms with van der Waals surface area (Å²) in [5, 5.41) is 4.79. The van der Waals surface area contributed by atoms with E-state index in [-0.39, 0.29) is 22.1 Å². The van der Waals surface area contributed by atoms with Crippen LogP contribution in [0.15, 0.2) is 42.5 Å². The van der Waals surface area contributed by atoms with Gasteiger partial charge in [0.25, 0.3) is 11.8 Å². The summed E-state index contributed by atoms with van der Waals surface area (Å²) >= 11 is 5.62. The van der Waals surface area contributed by atoms with Gasteiger partial charge in [-0.05, 0) is 42.8 Å². The summed E-state index contributed by atoms with van der Waals surface area (Å²) in [5.41, 5.74) is -1.14. The van der Waals surface area contributed by atoms with Crippen molar-refractivity contribution in [2.24, 2.45) is 0 Å². The molecule has 0 aliphatic heterocycles. The number of amides is 2. The molecule has 0 aliphatic carbocycles. The van der Waals surface area contributed by atoms with Crippen LogP contribution in [-0.2, 0) is 6.18 Å². The first-order chi connectivity index (χ1) is 12.2. The molecule has 0 bridgehead atoms. The van der Waals surface area contributed by atoms with Crippen LogP contribution in [-0.4, -0.2) is 18.4 Å². The van der Waals surface area contributed by atoms with Gasteiger partial charge in [0.1, 0.15) is 0 Å². The van der Waals surface area contributed by atoms with Gasteiger partial charge >= 0.3 is 6.18 Å². The van der Waals surface area contributed by atoms with Gasteiger partial charge < -0.3 is 10.6 Å². The lowest BCUT2D eigenvalue weighted by atomic mass is 10.1. The Balaban J connectivity index is 2.25. The fourth-order valence-corrected chi connectivity index (χ4v) is 2.37. The maximum atomic E-state index is 13.1. The second-order valence-corrected chi connectivity index (χ2v) is 5.91. The van der Waals surface area contributed by atoms with Crippen molar-refractivity contribution in [3.63, 3.8) is 0 Å². The van der Waals surface area contributed by atoms with Crippen molar-refractivity contribution in [1.82, 2.24) is 5.32 Å². The van der Waals surface area contributed by atoms with E-state index in [1.165, 1.54) is 30.3 Å². The van der Waals surface area contributed by atoms with E-state index >= 15 is 0 Å². The molecule has 0 unspecified atom stereocenters. The molecule has 2 N–H and O–H groups in total. The molecule has 2 rings (SSSR count). The van der Waals surface area contributed by atoms with E-state index in [9.17, 15) is 22.8 Å². The fraction of sp³-hybridized carbons (Fsp3) is 0.222. The molecular weight excluding hydrogens is 369 g/mol. The van der Waals surface area contributed by atoms with Gasteiger partial charge in [-0.15, -0.1) is 0 Å². The third kappa shape index (κ3) is 4.98. The van der Waals surface area contributed by atoms with Crippen molar-refractivity contribution >= 4 is 29.1 Å². The van der Waals surface area contributed by atoms with Gasteiger partial charge in [0.15, 0.2) is 0 Å². The maximum absolute atomic E-state index is 13.1. The van der Waals surface area contributed by atoms with E-state index in [1.807, 2.05) is 6.92 Å². The van der Waals surface area contributed by atoms with E-state index in [0.717, 1.165) is 18.6 Å². The molecule has 2 amide bonds. The molecule has 0 heterocycles. The molecule has 138 valence electrons. The third-order valence-electron chi connectivity index (χ3n) is 3.46. The van der Waals surface area contributed by atoms with Crippen LogP contribution in [0.25, 0.3) is 0 Å². The fourth-order valence-electron chi connectivity index (χ4n) is 2.20. The lowest BCUT2D eigenvalue weighted by Crippen LogP contribution is -2.24. The molecule has 0 fully saturated rings. The SMILES string of the molecule is CCCNC(=O)c1cccc(C(=O)Nc2ccc(Cl)cc2C(F)(F)F)c1. The summed E-state index contributed by atoms with van der Waals surface area (Å²) in [4.78, 5) is 24.3. The van der Waals surface area contributed by atoms with Crippen LogP contribution in [0.2, 0.25) is 5.02 Å². The number of benzene rings is 2. The Labute approximate surface area is 153 Å². The van der Waals surface area contributed by atoms with Crippen molar-refractivity contribution in [3.8, 4) is 0 Å². The van der Waals surface area contributed by atoms with Crippen LogP contribution in [0.5, 0.6) is 0 Å². The van der Waals surface area contributed by atoms with Gasteiger partial charge in [-0.1, -0.05) is 24.6 Å².